The van der Waals surface area contributed by atoms with Crippen LogP contribution in [0.15, 0.2) is 77.2 Å². The Bertz CT molecular complexity index is 866. The van der Waals surface area contributed by atoms with Gasteiger partial charge in [-0.1, -0.05) is 54.6 Å². The van der Waals surface area contributed by atoms with Gasteiger partial charge in [-0.2, -0.15) is 0 Å². The van der Waals surface area contributed by atoms with Crippen molar-refractivity contribution >= 4 is 21.9 Å². The molecule has 21 heavy (non-hydrogen) atoms. The van der Waals surface area contributed by atoms with Gasteiger partial charge in [0.25, 0.3) is 0 Å². The second kappa shape index (κ2) is 6.53. The third-order valence-electron chi connectivity index (χ3n) is 3.48. The quantitative estimate of drug-likeness (QED) is 0.500. The first kappa shape index (κ1) is 15.9. The number of hydrogen-bond acceptors (Lipinski definition) is 1. The SMILES string of the molecule is O.[Y].c1ccc(-c2ccc3oc4ccccc4c3c2)cc1. The first-order valence-corrected chi connectivity index (χ1v) is 6.38. The van der Waals surface area contributed by atoms with Crippen molar-refractivity contribution in [3.05, 3.63) is 72.8 Å². The van der Waals surface area contributed by atoms with Gasteiger partial charge in [-0.25, -0.2) is 0 Å². The summed E-state index contributed by atoms with van der Waals surface area (Å²) in [5.41, 5.74) is 4.35. The van der Waals surface area contributed by atoms with E-state index < -0.39 is 0 Å². The van der Waals surface area contributed by atoms with Crippen molar-refractivity contribution in [2.75, 3.05) is 0 Å². The van der Waals surface area contributed by atoms with E-state index in [2.05, 4.69) is 48.5 Å². The van der Waals surface area contributed by atoms with E-state index >= 15 is 0 Å². The summed E-state index contributed by atoms with van der Waals surface area (Å²) in [5.74, 6) is 0. The minimum absolute atomic E-state index is 0. The van der Waals surface area contributed by atoms with Gasteiger partial charge in [0.15, 0.2) is 0 Å². The largest absolute Gasteiger partial charge is 0.456 e. The molecule has 0 aliphatic carbocycles. The normalized spacial score (nSPS) is 10.1. The smallest absolute Gasteiger partial charge is 0.135 e. The van der Waals surface area contributed by atoms with E-state index in [9.17, 15) is 0 Å². The molecule has 0 aliphatic rings. The zero-order valence-electron chi connectivity index (χ0n) is 11.4. The minimum atomic E-state index is 0. The molecule has 2 nitrogen and oxygen atoms in total. The summed E-state index contributed by atoms with van der Waals surface area (Å²) in [6.45, 7) is 0. The summed E-state index contributed by atoms with van der Waals surface area (Å²) in [4.78, 5) is 0. The minimum Gasteiger partial charge on any atom is -0.456 e. The summed E-state index contributed by atoms with van der Waals surface area (Å²) in [6.07, 6.45) is 0. The van der Waals surface area contributed by atoms with Crippen molar-refractivity contribution in [1.82, 2.24) is 0 Å². The molecule has 0 fully saturated rings. The van der Waals surface area contributed by atoms with E-state index in [1.807, 2.05) is 24.3 Å². The maximum absolute atomic E-state index is 5.84. The topological polar surface area (TPSA) is 44.6 Å². The van der Waals surface area contributed by atoms with Crippen LogP contribution >= 0.6 is 0 Å². The molecule has 4 aromatic rings. The molecule has 0 atom stereocenters. The van der Waals surface area contributed by atoms with Gasteiger partial charge in [0.1, 0.15) is 11.2 Å². The van der Waals surface area contributed by atoms with E-state index in [1.54, 1.807) is 0 Å². The maximum atomic E-state index is 5.84. The zero-order valence-corrected chi connectivity index (χ0v) is 14.3. The molecule has 0 unspecified atom stereocenters. The van der Waals surface area contributed by atoms with Crippen molar-refractivity contribution in [1.29, 1.82) is 0 Å². The van der Waals surface area contributed by atoms with Gasteiger partial charge in [-0.3, -0.25) is 0 Å². The van der Waals surface area contributed by atoms with Crippen LogP contribution in [0.2, 0.25) is 0 Å². The molecule has 2 N–H and O–H groups in total. The third kappa shape index (κ3) is 2.80. The molecule has 0 saturated heterocycles. The van der Waals surface area contributed by atoms with Crippen LogP contribution < -0.4 is 0 Å². The molecule has 0 amide bonds. The molecule has 1 radical (unpaired) electrons. The summed E-state index contributed by atoms with van der Waals surface area (Å²) >= 11 is 0. The standard InChI is InChI=1S/C18H12O.H2O.Y/c1-2-6-13(7-3-1)14-10-11-18-16(12-14)15-8-4-5-9-17(15)19-18;;/h1-12H;1H2;. The molecule has 1 heterocycles. The second-order valence-electron chi connectivity index (χ2n) is 4.68. The van der Waals surface area contributed by atoms with Crippen LogP contribution in [0.3, 0.4) is 0 Å². The molecule has 3 aromatic carbocycles. The van der Waals surface area contributed by atoms with Crippen molar-refractivity contribution in [2.45, 2.75) is 0 Å². The molecule has 1 aromatic heterocycles. The van der Waals surface area contributed by atoms with Crippen LogP contribution in [0.25, 0.3) is 33.1 Å². The van der Waals surface area contributed by atoms with Crippen molar-refractivity contribution in [3.8, 4) is 11.1 Å². The molecular formula is C18H14O2Y. The van der Waals surface area contributed by atoms with E-state index in [4.69, 9.17) is 4.42 Å². The number of hydrogen-bond donors (Lipinski definition) is 0. The molecule has 101 valence electrons. The van der Waals surface area contributed by atoms with E-state index in [1.165, 1.54) is 21.9 Å². The molecule has 3 heteroatoms. The maximum Gasteiger partial charge on any atom is 0.135 e. The summed E-state index contributed by atoms with van der Waals surface area (Å²) < 4.78 is 5.84. The average Bonchev–Trinajstić information content (AvgIpc) is 2.86. The van der Waals surface area contributed by atoms with Gasteiger partial charge in [-0.05, 0) is 29.3 Å². The Morgan fingerprint density at radius 2 is 1.24 bits per heavy atom. The monoisotopic (exact) mass is 351 g/mol. The van der Waals surface area contributed by atoms with Gasteiger partial charge in [0, 0.05) is 43.5 Å². The fourth-order valence-corrected chi connectivity index (χ4v) is 2.54. The average molecular weight is 351 g/mol. The molecule has 0 bridgehead atoms. The fourth-order valence-electron chi connectivity index (χ4n) is 2.54. The van der Waals surface area contributed by atoms with Crippen molar-refractivity contribution in [3.63, 3.8) is 0 Å². The van der Waals surface area contributed by atoms with Crippen LogP contribution in [0.1, 0.15) is 0 Å². The van der Waals surface area contributed by atoms with Crippen molar-refractivity contribution < 1.29 is 42.6 Å². The number of furan rings is 1. The Balaban J connectivity index is 0.000000807. The van der Waals surface area contributed by atoms with Crippen LogP contribution in [-0.2, 0) is 32.7 Å². The predicted molar refractivity (Wildman–Crippen MR) is 82.8 cm³/mol. The number of para-hydroxylation sites is 1. The first-order chi connectivity index (χ1) is 9.42. The van der Waals surface area contributed by atoms with Crippen molar-refractivity contribution in [2.24, 2.45) is 0 Å². The Morgan fingerprint density at radius 1 is 0.571 bits per heavy atom. The van der Waals surface area contributed by atoms with Gasteiger partial charge < -0.3 is 9.89 Å². The molecule has 0 aliphatic heterocycles. The number of fused-ring (bicyclic) bond motifs is 3. The van der Waals surface area contributed by atoms with Gasteiger partial charge in [0.2, 0.25) is 0 Å². The predicted octanol–water partition coefficient (Wildman–Crippen LogP) is 4.43. The van der Waals surface area contributed by atoms with E-state index in [0.29, 0.717) is 0 Å². The van der Waals surface area contributed by atoms with Crippen LogP contribution in [0.5, 0.6) is 0 Å². The number of rotatable bonds is 1. The van der Waals surface area contributed by atoms with Crippen LogP contribution in [0.4, 0.5) is 0 Å². The zero-order chi connectivity index (χ0) is 12.7. The summed E-state index contributed by atoms with van der Waals surface area (Å²) in [5, 5.41) is 2.35. The Hall–Kier alpha value is -1.48. The third-order valence-corrected chi connectivity index (χ3v) is 3.48. The Labute approximate surface area is 148 Å². The molecule has 4 rings (SSSR count). The molecular weight excluding hydrogens is 337 g/mol. The summed E-state index contributed by atoms with van der Waals surface area (Å²) in [6, 6.07) is 25.0. The first-order valence-electron chi connectivity index (χ1n) is 6.38. The Morgan fingerprint density at radius 3 is 2.05 bits per heavy atom. The Kier molecular flexibility index (Phi) is 4.94. The molecule has 0 saturated carbocycles. The van der Waals surface area contributed by atoms with Gasteiger partial charge >= 0.3 is 0 Å². The van der Waals surface area contributed by atoms with Gasteiger partial charge in [0.05, 0.1) is 0 Å². The molecule has 0 spiro atoms. The summed E-state index contributed by atoms with van der Waals surface area (Å²) in [7, 11) is 0. The fraction of sp³-hybridized carbons (Fsp3) is 0. The van der Waals surface area contributed by atoms with Crippen LogP contribution in [-0.4, -0.2) is 5.48 Å². The van der Waals surface area contributed by atoms with E-state index in [0.717, 1.165) is 11.2 Å². The van der Waals surface area contributed by atoms with Crippen LogP contribution in [0, 0.1) is 0 Å². The number of benzene rings is 3. The second-order valence-corrected chi connectivity index (χ2v) is 4.68. The van der Waals surface area contributed by atoms with E-state index in [-0.39, 0.29) is 38.2 Å². The van der Waals surface area contributed by atoms with Gasteiger partial charge in [-0.15, -0.1) is 0 Å².